The minimum Gasteiger partial charge on any atom is -0.313 e. The number of hydrogen-bond acceptors (Lipinski definition) is 3. The Kier molecular flexibility index (Phi) is 4.61. The lowest BCUT2D eigenvalue weighted by Gasteiger charge is -2.23. The van der Waals surface area contributed by atoms with Crippen LogP contribution in [-0.2, 0) is 10.0 Å². The first-order valence-electron chi connectivity index (χ1n) is 6.06. The van der Waals surface area contributed by atoms with Crippen LogP contribution in [0.15, 0.2) is 29.2 Å². The zero-order valence-corrected chi connectivity index (χ0v) is 11.6. The average Bonchev–Trinajstić information content (AvgIpc) is 2.38. The quantitative estimate of drug-likeness (QED) is 0.888. The Bertz CT molecular complexity index is 499. The largest absolute Gasteiger partial charge is 0.313 e. The van der Waals surface area contributed by atoms with E-state index in [-0.39, 0.29) is 10.9 Å². The van der Waals surface area contributed by atoms with Crippen LogP contribution in [0, 0.1) is 0 Å². The number of nitrogens with one attached hydrogen (secondary N) is 2. The van der Waals surface area contributed by atoms with Crippen molar-refractivity contribution in [3.63, 3.8) is 0 Å². The maximum Gasteiger partial charge on any atom is 0.240 e. The van der Waals surface area contributed by atoms with Crippen molar-refractivity contribution in [3.05, 3.63) is 29.3 Å². The third-order valence-corrected chi connectivity index (χ3v) is 4.69. The fourth-order valence-electron chi connectivity index (χ4n) is 2.03. The molecule has 1 aliphatic heterocycles. The van der Waals surface area contributed by atoms with E-state index in [1.807, 2.05) is 0 Å². The first-order valence-corrected chi connectivity index (χ1v) is 7.93. The average molecular weight is 289 g/mol. The smallest absolute Gasteiger partial charge is 0.240 e. The van der Waals surface area contributed by atoms with Crippen LogP contribution < -0.4 is 10.0 Å². The number of sulfonamides is 1. The molecule has 1 saturated heterocycles. The molecule has 2 rings (SSSR count). The molecule has 1 atom stereocenters. The summed E-state index contributed by atoms with van der Waals surface area (Å²) in [6, 6.07) is 6.52. The highest BCUT2D eigenvalue weighted by Gasteiger charge is 2.18. The summed E-state index contributed by atoms with van der Waals surface area (Å²) in [6.45, 7) is 1.39. The molecule has 0 saturated carbocycles. The first kappa shape index (κ1) is 13.8. The maximum atomic E-state index is 12.0. The monoisotopic (exact) mass is 288 g/mol. The van der Waals surface area contributed by atoms with Gasteiger partial charge in [0.1, 0.15) is 0 Å². The van der Waals surface area contributed by atoms with Crippen LogP contribution in [0.4, 0.5) is 0 Å². The molecule has 0 spiro atoms. The second-order valence-corrected chi connectivity index (χ2v) is 6.66. The Morgan fingerprint density at radius 2 is 2.22 bits per heavy atom. The highest BCUT2D eigenvalue weighted by atomic mass is 35.5. The number of piperidine rings is 1. The minimum atomic E-state index is -3.46. The zero-order chi connectivity index (χ0) is 13.0. The summed E-state index contributed by atoms with van der Waals surface area (Å²) in [5.41, 5.74) is 0. The molecule has 100 valence electrons. The van der Waals surface area contributed by atoms with Gasteiger partial charge in [0.05, 0.1) is 4.90 Å². The van der Waals surface area contributed by atoms with Crippen LogP contribution in [-0.4, -0.2) is 27.5 Å². The van der Waals surface area contributed by atoms with Crippen LogP contribution in [0.2, 0.25) is 5.02 Å². The van der Waals surface area contributed by atoms with E-state index in [4.69, 9.17) is 11.6 Å². The second kappa shape index (κ2) is 6.02. The zero-order valence-electron chi connectivity index (χ0n) is 10.0. The van der Waals surface area contributed by atoms with E-state index in [9.17, 15) is 8.42 Å². The van der Waals surface area contributed by atoms with Gasteiger partial charge < -0.3 is 5.32 Å². The third-order valence-electron chi connectivity index (χ3n) is 3.04. The molecule has 18 heavy (non-hydrogen) atoms. The van der Waals surface area contributed by atoms with Gasteiger partial charge in [-0.25, -0.2) is 13.1 Å². The van der Waals surface area contributed by atoms with Crippen molar-refractivity contribution in [1.82, 2.24) is 10.0 Å². The van der Waals surface area contributed by atoms with Crippen LogP contribution in [0.25, 0.3) is 0 Å². The van der Waals surface area contributed by atoms with Gasteiger partial charge in [0.25, 0.3) is 0 Å². The Labute approximate surface area is 113 Å². The van der Waals surface area contributed by atoms with E-state index in [0.29, 0.717) is 11.6 Å². The van der Waals surface area contributed by atoms with E-state index in [2.05, 4.69) is 10.0 Å². The molecule has 6 heteroatoms. The van der Waals surface area contributed by atoms with Crippen molar-refractivity contribution >= 4 is 21.6 Å². The van der Waals surface area contributed by atoms with Gasteiger partial charge >= 0.3 is 0 Å². The van der Waals surface area contributed by atoms with Crippen molar-refractivity contribution in [3.8, 4) is 0 Å². The molecule has 1 aromatic carbocycles. The lowest BCUT2D eigenvalue weighted by molar-refractivity contribution is 0.398. The summed E-state index contributed by atoms with van der Waals surface area (Å²) in [7, 11) is -3.46. The lowest BCUT2D eigenvalue weighted by Crippen LogP contribution is -2.43. The maximum absolute atomic E-state index is 12.0. The predicted molar refractivity (Wildman–Crippen MR) is 72.3 cm³/mol. The van der Waals surface area contributed by atoms with Gasteiger partial charge in [0, 0.05) is 17.6 Å². The van der Waals surface area contributed by atoms with E-state index in [1.165, 1.54) is 6.07 Å². The Hall–Kier alpha value is -0.620. The van der Waals surface area contributed by atoms with Gasteiger partial charge in [-0.05, 0) is 37.6 Å². The summed E-state index contributed by atoms with van der Waals surface area (Å²) in [5.74, 6) is 0. The number of rotatable bonds is 4. The molecular weight excluding hydrogens is 272 g/mol. The number of halogens is 1. The molecule has 0 aliphatic carbocycles. The van der Waals surface area contributed by atoms with Crippen molar-refractivity contribution in [2.45, 2.75) is 30.2 Å². The summed E-state index contributed by atoms with van der Waals surface area (Å²) < 4.78 is 26.7. The normalized spacial score (nSPS) is 20.8. The Morgan fingerprint density at radius 1 is 1.39 bits per heavy atom. The lowest BCUT2D eigenvalue weighted by atomic mass is 10.1. The molecule has 1 aliphatic rings. The summed E-state index contributed by atoms with van der Waals surface area (Å²) in [4.78, 5) is 0.214. The highest BCUT2D eigenvalue weighted by molar-refractivity contribution is 7.89. The van der Waals surface area contributed by atoms with Gasteiger partial charge in [-0.3, -0.25) is 0 Å². The SMILES string of the molecule is O=S(=O)(NCC1CCCCN1)c1cccc(Cl)c1. The van der Waals surface area contributed by atoms with Gasteiger partial charge in [-0.1, -0.05) is 24.1 Å². The topological polar surface area (TPSA) is 58.2 Å². The third kappa shape index (κ3) is 3.68. The van der Waals surface area contributed by atoms with Crippen LogP contribution in [0.5, 0.6) is 0 Å². The van der Waals surface area contributed by atoms with Crippen LogP contribution >= 0.6 is 11.6 Å². The summed E-state index contributed by atoms with van der Waals surface area (Å²) in [6.07, 6.45) is 3.33. The molecular formula is C12H17ClN2O2S. The number of benzene rings is 1. The van der Waals surface area contributed by atoms with E-state index < -0.39 is 10.0 Å². The molecule has 0 aromatic heterocycles. The second-order valence-electron chi connectivity index (χ2n) is 4.46. The molecule has 0 bridgehead atoms. The Morgan fingerprint density at radius 3 is 2.89 bits per heavy atom. The summed E-state index contributed by atoms with van der Waals surface area (Å²) >= 11 is 5.80. The molecule has 2 N–H and O–H groups in total. The van der Waals surface area contributed by atoms with E-state index in [1.54, 1.807) is 18.2 Å². The minimum absolute atomic E-state index is 0.214. The fraction of sp³-hybridized carbons (Fsp3) is 0.500. The van der Waals surface area contributed by atoms with Crippen LogP contribution in [0.1, 0.15) is 19.3 Å². The van der Waals surface area contributed by atoms with Crippen molar-refractivity contribution in [1.29, 1.82) is 0 Å². The van der Waals surface area contributed by atoms with Gasteiger partial charge in [0.2, 0.25) is 10.0 Å². The van der Waals surface area contributed by atoms with Gasteiger partial charge in [0.15, 0.2) is 0 Å². The molecule has 0 amide bonds. The van der Waals surface area contributed by atoms with Gasteiger partial charge in [-0.15, -0.1) is 0 Å². The molecule has 1 heterocycles. The highest BCUT2D eigenvalue weighted by Crippen LogP contribution is 2.15. The molecule has 1 fully saturated rings. The molecule has 4 nitrogen and oxygen atoms in total. The molecule has 1 aromatic rings. The van der Waals surface area contributed by atoms with E-state index >= 15 is 0 Å². The molecule has 0 radical (unpaired) electrons. The molecule has 1 unspecified atom stereocenters. The predicted octanol–water partition coefficient (Wildman–Crippen LogP) is 1.76. The van der Waals surface area contributed by atoms with Gasteiger partial charge in [-0.2, -0.15) is 0 Å². The standard InChI is InChI=1S/C12H17ClN2O2S/c13-10-4-3-6-12(8-10)18(16,17)15-9-11-5-1-2-7-14-11/h3-4,6,8,11,14-15H,1-2,5,7,9H2. The van der Waals surface area contributed by atoms with Crippen molar-refractivity contribution in [2.24, 2.45) is 0 Å². The van der Waals surface area contributed by atoms with E-state index in [0.717, 1.165) is 25.8 Å². The number of hydrogen-bond donors (Lipinski definition) is 2. The van der Waals surface area contributed by atoms with Crippen molar-refractivity contribution < 1.29 is 8.42 Å². The van der Waals surface area contributed by atoms with Crippen molar-refractivity contribution in [2.75, 3.05) is 13.1 Å². The first-order chi connectivity index (χ1) is 8.58. The summed E-state index contributed by atoms with van der Waals surface area (Å²) in [5, 5.41) is 3.73. The Balaban J connectivity index is 1.98. The fourth-order valence-corrected chi connectivity index (χ4v) is 3.41. The van der Waals surface area contributed by atoms with Crippen LogP contribution in [0.3, 0.4) is 0 Å².